The molecule has 1 aliphatic rings. The van der Waals surface area contributed by atoms with Crippen molar-refractivity contribution >= 4 is 33.4 Å². The van der Waals surface area contributed by atoms with Crippen molar-refractivity contribution in [2.24, 2.45) is 5.73 Å². The highest BCUT2D eigenvalue weighted by Crippen LogP contribution is 2.24. The number of nitrogens with one attached hydrogen (secondary N) is 2. The normalized spacial score (nSPS) is 14.5. The highest BCUT2D eigenvalue weighted by molar-refractivity contribution is 7.89. The standard InChI is InChI=1S/C21H23FN4O5S/c22-17-9-6-15(12-18(17)32(30,31)26-10-2-1-3-11-26)21(29)25-16-7-4-14(5-8-16)20(28)24-13-19(23)27/h4-9,12H,1-3,10-11,13H2,(H2,23,27)(H,24,28)(H,25,29). The molecule has 9 nitrogen and oxygen atoms in total. The summed E-state index contributed by atoms with van der Waals surface area (Å²) in [5.41, 5.74) is 5.54. The van der Waals surface area contributed by atoms with E-state index >= 15 is 0 Å². The third-order valence-electron chi connectivity index (χ3n) is 4.95. The number of piperidine rings is 1. The lowest BCUT2D eigenvalue weighted by Gasteiger charge is -2.26. The summed E-state index contributed by atoms with van der Waals surface area (Å²) >= 11 is 0. The van der Waals surface area contributed by atoms with E-state index in [1.165, 1.54) is 34.6 Å². The highest BCUT2D eigenvalue weighted by Gasteiger charge is 2.29. The Kier molecular flexibility index (Phi) is 7.21. The molecule has 0 saturated carbocycles. The molecule has 32 heavy (non-hydrogen) atoms. The van der Waals surface area contributed by atoms with E-state index in [1.807, 2.05) is 0 Å². The van der Waals surface area contributed by atoms with Gasteiger partial charge in [-0.25, -0.2) is 12.8 Å². The zero-order valence-corrected chi connectivity index (χ0v) is 18.0. The molecule has 1 fully saturated rings. The van der Waals surface area contributed by atoms with Gasteiger partial charge in [0.05, 0.1) is 6.54 Å². The molecule has 2 aromatic rings. The summed E-state index contributed by atoms with van der Waals surface area (Å²) < 4.78 is 41.2. The maximum absolute atomic E-state index is 14.3. The minimum absolute atomic E-state index is 0.0229. The molecule has 0 atom stereocenters. The van der Waals surface area contributed by atoms with Gasteiger partial charge in [-0.1, -0.05) is 6.42 Å². The van der Waals surface area contributed by atoms with Crippen molar-refractivity contribution in [3.05, 3.63) is 59.4 Å². The first-order chi connectivity index (χ1) is 15.2. The van der Waals surface area contributed by atoms with Gasteiger partial charge in [0.2, 0.25) is 15.9 Å². The predicted molar refractivity (Wildman–Crippen MR) is 115 cm³/mol. The monoisotopic (exact) mass is 462 g/mol. The summed E-state index contributed by atoms with van der Waals surface area (Å²) in [5.74, 6) is -2.74. The molecule has 2 aromatic carbocycles. The quantitative estimate of drug-likeness (QED) is 0.572. The second-order valence-corrected chi connectivity index (χ2v) is 9.20. The first-order valence-corrected chi connectivity index (χ1v) is 11.4. The predicted octanol–water partition coefficient (Wildman–Crippen LogP) is 1.47. The van der Waals surface area contributed by atoms with Crippen LogP contribution < -0.4 is 16.4 Å². The van der Waals surface area contributed by atoms with Gasteiger partial charge in [-0.2, -0.15) is 4.31 Å². The Balaban J connectivity index is 1.74. The Morgan fingerprint density at radius 3 is 2.19 bits per heavy atom. The molecule has 3 amide bonds. The Morgan fingerprint density at radius 2 is 1.56 bits per heavy atom. The van der Waals surface area contributed by atoms with Crippen LogP contribution in [0.15, 0.2) is 47.4 Å². The number of carbonyl (C=O) groups is 3. The van der Waals surface area contributed by atoms with Crippen LogP contribution in [-0.2, 0) is 14.8 Å². The van der Waals surface area contributed by atoms with Crippen LogP contribution in [0.25, 0.3) is 0 Å². The summed E-state index contributed by atoms with van der Waals surface area (Å²) in [6, 6.07) is 8.98. The Hall–Kier alpha value is -3.31. The van der Waals surface area contributed by atoms with Gasteiger partial charge in [0.15, 0.2) is 0 Å². The molecule has 1 aliphatic heterocycles. The van der Waals surface area contributed by atoms with Gasteiger partial charge in [-0.15, -0.1) is 0 Å². The highest BCUT2D eigenvalue weighted by atomic mass is 32.2. The lowest BCUT2D eigenvalue weighted by molar-refractivity contribution is -0.117. The molecule has 0 aromatic heterocycles. The zero-order valence-electron chi connectivity index (χ0n) is 17.1. The van der Waals surface area contributed by atoms with Crippen molar-refractivity contribution in [3.8, 4) is 0 Å². The molecule has 0 aliphatic carbocycles. The molecule has 3 rings (SSSR count). The van der Waals surface area contributed by atoms with Crippen LogP contribution in [0.3, 0.4) is 0 Å². The Bertz CT molecular complexity index is 1130. The SMILES string of the molecule is NC(=O)CNC(=O)c1ccc(NC(=O)c2ccc(F)c(S(=O)(=O)N3CCCCC3)c2)cc1. The van der Waals surface area contributed by atoms with Crippen molar-refractivity contribution < 1.29 is 27.2 Å². The smallest absolute Gasteiger partial charge is 0.255 e. The van der Waals surface area contributed by atoms with E-state index in [1.54, 1.807) is 0 Å². The number of rotatable bonds is 7. The first kappa shape index (κ1) is 23.4. The number of primary amides is 1. The van der Waals surface area contributed by atoms with E-state index in [9.17, 15) is 27.2 Å². The first-order valence-electron chi connectivity index (χ1n) is 9.96. The average molecular weight is 463 g/mol. The van der Waals surface area contributed by atoms with Crippen LogP contribution in [0, 0.1) is 5.82 Å². The third-order valence-corrected chi connectivity index (χ3v) is 6.87. The largest absolute Gasteiger partial charge is 0.368 e. The van der Waals surface area contributed by atoms with Crippen molar-refractivity contribution in [1.29, 1.82) is 0 Å². The van der Waals surface area contributed by atoms with Crippen molar-refractivity contribution in [2.75, 3.05) is 25.0 Å². The van der Waals surface area contributed by atoms with Crippen LogP contribution >= 0.6 is 0 Å². The van der Waals surface area contributed by atoms with E-state index in [-0.39, 0.29) is 17.7 Å². The molecule has 170 valence electrons. The van der Waals surface area contributed by atoms with Crippen LogP contribution in [0.2, 0.25) is 0 Å². The van der Waals surface area contributed by atoms with Gasteiger partial charge < -0.3 is 16.4 Å². The van der Waals surface area contributed by atoms with Gasteiger partial charge in [0.25, 0.3) is 11.8 Å². The maximum atomic E-state index is 14.3. The number of nitrogens with two attached hydrogens (primary N) is 1. The lowest BCUT2D eigenvalue weighted by atomic mass is 10.1. The molecule has 1 saturated heterocycles. The second kappa shape index (κ2) is 9.88. The van der Waals surface area contributed by atoms with E-state index < -0.39 is 38.5 Å². The third kappa shape index (κ3) is 5.48. The number of benzene rings is 2. The summed E-state index contributed by atoms with van der Waals surface area (Å²) in [6.07, 6.45) is 2.33. The second-order valence-electron chi connectivity index (χ2n) is 7.29. The average Bonchev–Trinajstić information content (AvgIpc) is 2.78. The number of sulfonamides is 1. The summed E-state index contributed by atoms with van der Waals surface area (Å²) in [6.45, 7) is 0.333. The Labute approximate surface area is 184 Å². The molecule has 0 unspecified atom stereocenters. The fourth-order valence-corrected chi connectivity index (χ4v) is 4.87. The van der Waals surface area contributed by atoms with Crippen molar-refractivity contribution in [2.45, 2.75) is 24.2 Å². The molecular formula is C21H23FN4O5S. The molecule has 1 heterocycles. The number of halogens is 1. The van der Waals surface area contributed by atoms with Gasteiger partial charge in [0.1, 0.15) is 10.7 Å². The fraction of sp³-hybridized carbons (Fsp3) is 0.286. The zero-order chi connectivity index (χ0) is 23.3. The van der Waals surface area contributed by atoms with Crippen LogP contribution in [-0.4, -0.2) is 50.1 Å². The topological polar surface area (TPSA) is 139 Å². The summed E-state index contributed by atoms with van der Waals surface area (Å²) in [5, 5.41) is 4.92. The molecule has 0 bridgehead atoms. The van der Waals surface area contributed by atoms with E-state index in [0.717, 1.165) is 18.6 Å². The number of nitrogens with zero attached hydrogens (tertiary/aromatic N) is 1. The van der Waals surface area contributed by atoms with Crippen LogP contribution in [0.4, 0.5) is 10.1 Å². The van der Waals surface area contributed by atoms with E-state index in [4.69, 9.17) is 5.73 Å². The maximum Gasteiger partial charge on any atom is 0.255 e. The summed E-state index contributed by atoms with van der Waals surface area (Å²) in [7, 11) is -4.05. The van der Waals surface area contributed by atoms with Gasteiger partial charge in [-0.3, -0.25) is 14.4 Å². The molecule has 0 spiro atoms. The van der Waals surface area contributed by atoms with Crippen molar-refractivity contribution in [1.82, 2.24) is 9.62 Å². The fourth-order valence-electron chi connectivity index (χ4n) is 3.26. The van der Waals surface area contributed by atoms with Crippen LogP contribution in [0.5, 0.6) is 0 Å². The summed E-state index contributed by atoms with van der Waals surface area (Å²) in [4.78, 5) is 34.7. The Morgan fingerprint density at radius 1 is 0.938 bits per heavy atom. The molecular weight excluding hydrogens is 439 g/mol. The molecule has 0 radical (unpaired) electrons. The van der Waals surface area contributed by atoms with E-state index in [2.05, 4.69) is 10.6 Å². The number of carbonyl (C=O) groups excluding carboxylic acids is 3. The van der Waals surface area contributed by atoms with Crippen molar-refractivity contribution in [3.63, 3.8) is 0 Å². The molecule has 4 N–H and O–H groups in total. The lowest BCUT2D eigenvalue weighted by Crippen LogP contribution is -2.36. The molecule has 11 heteroatoms. The minimum Gasteiger partial charge on any atom is -0.368 e. The minimum atomic E-state index is -4.05. The van der Waals surface area contributed by atoms with Gasteiger partial charge in [-0.05, 0) is 55.3 Å². The van der Waals surface area contributed by atoms with Crippen LogP contribution in [0.1, 0.15) is 40.0 Å². The number of amides is 3. The van der Waals surface area contributed by atoms with Gasteiger partial charge >= 0.3 is 0 Å². The van der Waals surface area contributed by atoms with E-state index in [0.29, 0.717) is 31.6 Å². The number of hydrogen-bond donors (Lipinski definition) is 3. The number of anilines is 1. The number of hydrogen-bond acceptors (Lipinski definition) is 5. The van der Waals surface area contributed by atoms with Gasteiger partial charge in [0, 0.05) is 29.9 Å².